The molecule has 6 heteroatoms. The third-order valence-corrected chi connectivity index (χ3v) is 1.77. The van der Waals surface area contributed by atoms with Gasteiger partial charge in [-0.2, -0.15) is 4.39 Å². The molecule has 1 aromatic carbocycles. The highest BCUT2D eigenvalue weighted by atomic mass is 19.3. The third kappa shape index (κ3) is 1.84. The van der Waals surface area contributed by atoms with E-state index in [4.69, 9.17) is 0 Å². The Morgan fingerprint density at radius 3 is 2.43 bits per heavy atom. The fourth-order valence-electron chi connectivity index (χ4n) is 1.05. The van der Waals surface area contributed by atoms with E-state index in [9.17, 15) is 23.3 Å². The summed E-state index contributed by atoms with van der Waals surface area (Å²) in [6.45, 7) is 1.27. The van der Waals surface area contributed by atoms with Crippen molar-refractivity contribution >= 4 is 5.69 Å². The number of nitro groups is 1. The number of hydrogen-bond acceptors (Lipinski definition) is 2. The maximum absolute atomic E-state index is 12.9. The van der Waals surface area contributed by atoms with Gasteiger partial charge in [-0.15, -0.1) is 0 Å². The molecule has 0 radical (unpaired) electrons. The summed E-state index contributed by atoms with van der Waals surface area (Å²) >= 11 is 0. The average Bonchev–Trinajstić information content (AvgIpc) is 2.02. The van der Waals surface area contributed by atoms with E-state index in [1.165, 1.54) is 6.92 Å². The number of aryl methyl sites for hydroxylation is 1. The second-order valence-electron chi connectivity index (χ2n) is 2.72. The molecule has 0 saturated carbocycles. The first kappa shape index (κ1) is 10.5. The van der Waals surface area contributed by atoms with E-state index >= 15 is 0 Å². The van der Waals surface area contributed by atoms with E-state index in [-0.39, 0.29) is 5.56 Å². The second-order valence-corrected chi connectivity index (χ2v) is 2.72. The lowest BCUT2D eigenvalue weighted by Crippen LogP contribution is -1.97. The molecule has 1 rings (SSSR count). The zero-order chi connectivity index (χ0) is 10.9. The van der Waals surface area contributed by atoms with Crippen molar-refractivity contribution in [3.8, 4) is 0 Å². The van der Waals surface area contributed by atoms with Gasteiger partial charge in [0.05, 0.1) is 4.92 Å². The molecule has 0 atom stereocenters. The van der Waals surface area contributed by atoms with E-state index in [2.05, 4.69) is 0 Å². The number of benzene rings is 1. The number of rotatable bonds is 2. The van der Waals surface area contributed by atoms with Crippen LogP contribution < -0.4 is 0 Å². The van der Waals surface area contributed by atoms with Crippen molar-refractivity contribution in [1.29, 1.82) is 0 Å². The summed E-state index contributed by atoms with van der Waals surface area (Å²) in [5.74, 6) is -1.10. The van der Waals surface area contributed by atoms with Gasteiger partial charge in [0, 0.05) is 11.6 Å². The molecule has 14 heavy (non-hydrogen) atoms. The summed E-state index contributed by atoms with van der Waals surface area (Å²) in [4.78, 5) is 9.20. The van der Waals surface area contributed by atoms with Gasteiger partial charge < -0.3 is 0 Å². The molecule has 1 aromatic rings. The molecular formula is C8H6F3NO2. The summed E-state index contributed by atoms with van der Waals surface area (Å²) in [6, 6.07) is 1.30. The topological polar surface area (TPSA) is 43.1 Å². The molecule has 3 nitrogen and oxygen atoms in total. The number of alkyl halides is 2. The molecule has 0 bridgehead atoms. The molecule has 0 fully saturated rings. The maximum Gasteiger partial charge on any atom is 0.305 e. The SMILES string of the molecule is Cc1cc(F)c([N+](=O)[O-])cc1C(F)F. The van der Waals surface area contributed by atoms with Crippen LogP contribution in [0.1, 0.15) is 17.6 Å². The highest BCUT2D eigenvalue weighted by Crippen LogP contribution is 2.28. The molecule has 0 aromatic heterocycles. The van der Waals surface area contributed by atoms with Crippen molar-refractivity contribution in [1.82, 2.24) is 0 Å². The molecular weight excluding hydrogens is 199 g/mol. The van der Waals surface area contributed by atoms with E-state index in [1.807, 2.05) is 0 Å². The average molecular weight is 205 g/mol. The van der Waals surface area contributed by atoms with Gasteiger partial charge in [0.15, 0.2) is 0 Å². The normalized spacial score (nSPS) is 10.6. The lowest BCUT2D eigenvalue weighted by atomic mass is 10.1. The molecule has 0 aliphatic rings. The Kier molecular flexibility index (Phi) is 2.73. The fourth-order valence-corrected chi connectivity index (χ4v) is 1.05. The van der Waals surface area contributed by atoms with Crippen LogP contribution in [0.5, 0.6) is 0 Å². The van der Waals surface area contributed by atoms with Crippen molar-refractivity contribution in [3.63, 3.8) is 0 Å². The van der Waals surface area contributed by atoms with Crippen molar-refractivity contribution < 1.29 is 18.1 Å². The van der Waals surface area contributed by atoms with Crippen LogP contribution in [0.15, 0.2) is 12.1 Å². The minimum Gasteiger partial charge on any atom is -0.258 e. The third-order valence-electron chi connectivity index (χ3n) is 1.77. The number of halogens is 3. The summed E-state index contributed by atoms with van der Waals surface area (Å²) in [5, 5.41) is 10.2. The smallest absolute Gasteiger partial charge is 0.258 e. The quantitative estimate of drug-likeness (QED) is 0.550. The van der Waals surface area contributed by atoms with Crippen LogP contribution in [0.25, 0.3) is 0 Å². The summed E-state index contributed by atoms with van der Waals surface area (Å²) < 4.78 is 37.4. The Morgan fingerprint density at radius 2 is 2.00 bits per heavy atom. The van der Waals surface area contributed by atoms with Gasteiger partial charge in [0.25, 0.3) is 6.43 Å². The summed E-state index contributed by atoms with van der Waals surface area (Å²) in [5.41, 5.74) is -1.44. The van der Waals surface area contributed by atoms with Crippen molar-refractivity contribution in [2.75, 3.05) is 0 Å². The summed E-state index contributed by atoms with van der Waals surface area (Å²) in [7, 11) is 0. The molecule has 0 aliphatic carbocycles. The van der Waals surface area contributed by atoms with Gasteiger partial charge in [-0.1, -0.05) is 0 Å². The van der Waals surface area contributed by atoms with E-state index in [1.54, 1.807) is 0 Å². The second kappa shape index (κ2) is 3.65. The lowest BCUT2D eigenvalue weighted by molar-refractivity contribution is -0.387. The first-order valence-corrected chi connectivity index (χ1v) is 3.66. The van der Waals surface area contributed by atoms with Gasteiger partial charge in [-0.25, -0.2) is 8.78 Å². The maximum atomic E-state index is 12.9. The largest absolute Gasteiger partial charge is 0.305 e. The van der Waals surface area contributed by atoms with Crippen molar-refractivity contribution in [3.05, 3.63) is 39.2 Å². The van der Waals surface area contributed by atoms with Crippen molar-refractivity contribution in [2.24, 2.45) is 0 Å². The van der Waals surface area contributed by atoms with E-state index in [0.29, 0.717) is 6.07 Å². The van der Waals surface area contributed by atoms with Crippen LogP contribution in [0, 0.1) is 22.9 Å². The van der Waals surface area contributed by atoms with Gasteiger partial charge in [0.2, 0.25) is 5.82 Å². The molecule has 0 aliphatic heterocycles. The monoisotopic (exact) mass is 205 g/mol. The lowest BCUT2D eigenvalue weighted by Gasteiger charge is -2.04. The molecule has 76 valence electrons. The van der Waals surface area contributed by atoms with E-state index in [0.717, 1.165) is 6.07 Å². The van der Waals surface area contributed by atoms with Crippen LogP contribution in [0.3, 0.4) is 0 Å². The van der Waals surface area contributed by atoms with Crippen LogP contribution in [0.2, 0.25) is 0 Å². The zero-order valence-electron chi connectivity index (χ0n) is 7.13. The van der Waals surface area contributed by atoms with Gasteiger partial charge in [0.1, 0.15) is 0 Å². The van der Waals surface area contributed by atoms with Crippen LogP contribution in [-0.4, -0.2) is 4.92 Å². The predicted octanol–water partition coefficient (Wildman–Crippen LogP) is 2.98. The minimum atomic E-state index is -2.84. The fraction of sp³-hybridized carbons (Fsp3) is 0.250. The Balaban J connectivity index is 3.34. The first-order chi connectivity index (χ1) is 6.43. The number of hydrogen-bond donors (Lipinski definition) is 0. The highest BCUT2D eigenvalue weighted by Gasteiger charge is 2.20. The summed E-state index contributed by atoms with van der Waals surface area (Å²) in [6.07, 6.45) is -2.84. The van der Waals surface area contributed by atoms with Crippen LogP contribution >= 0.6 is 0 Å². The zero-order valence-corrected chi connectivity index (χ0v) is 7.13. The van der Waals surface area contributed by atoms with E-state index < -0.39 is 28.4 Å². The Hall–Kier alpha value is -1.59. The molecule has 0 unspecified atom stereocenters. The Morgan fingerprint density at radius 1 is 1.43 bits per heavy atom. The number of nitro benzene ring substituents is 1. The molecule has 0 spiro atoms. The molecule has 0 heterocycles. The predicted molar refractivity (Wildman–Crippen MR) is 42.7 cm³/mol. The van der Waals surface area contributed by atoms with Crippen LogP contribution in [0.4, 0.5) is 18.9 Å². The van der Waals surface area contributed by atoms with Gasteiger partial charge >= 0.3 is 5.69 Å². The molecule has 0 amide bonds. The van der Waals surface area contributed by atoms with Crippen molar-refractivity contribution in [2.45, 2.75) is 13.3 Å². The highest BCUT2D eigenvalue weighted by molar-refractivity contribution is 5.41. The minimum absolute atomic E-state index is 0.00287. The van der Waals surface area contributed by atoms with Gasteiger partial charge in [-0.3, -0.25) is 10.1 Å². The van der Waals surface area contributed by atoms with Crippen LogP contribution in [-0.2, 0) is 0 Å². The van der Waals surface area contributed by atoms with Gasteiger partial charge in [-0.05, 0) is 18.6 Å². The first-order valence-electron chi connectivity index (χ1n) is 3.66. The standard InChI is InChI=1S/C8H6F3NO2/c1-4-2-6(9)7(12(13)14)3-5(4)8(10)11/h2-3,8H,1H3. The Bertz CT molecular complexity index is 379. The molecule has 0 saturated heterocycles. The number of nitrogens with zero attached hydrogens (tertiary/aromatic N) is 1. The molecule has 0 N–H and O–H groups in total. The Labute approximate surface area is 77.3 Å².